The lowest BCUT2D eigenvalue weighted by molar-refractivity contribution is -0.385. The number of unbranched alkanes of at least 4 members (excludes halogenated alkanes) is 1. The summed E-state index contributed by atoms with van der Waals surface area (Å²) < 4.78 is 10.2. The highest BCUT2D eigenvalue weighted by Gasteiger charge is 2.21. The fourth-order valence-electron chi connectivity index (χ4n) is 1.97. The smallest absolute Gasteiger partial charge is 0.305 e. The van der Waals surface area contributed by atoms with E-state index in [1.807, 2.05) is 0 Å². The van der Waals surface area contributed by atoms with Crippen molar-refractivity contribution in [3.05, 3.63) is 33.4 Å². The van der Waals surface area contributed by atoms with Crippen molar-refractivity contribution in [3.8, 4) is 5.75 Å². The Morgan fingerprint density at radius 3 is 2.68 bits per heavy atom. The van der Waals surface area contributed by atoms with Gasteiger partial charge in [-0.05, 0) is 38.8 Å². The number of nitrogens with zero attached hydrogens (tertiary/aromatic N) is 1. The van der Waals surface area contributed by atoms with Crippen LogP contribution in [-0.4, -0.2) is 30.4 Å². The number of aryl methyl sites for hydroxylation is 1. The van der Waals surface area contributed by atoms with Crippen LogP contribution in [0.2, 0.25) is 0 Å². The van der Waals surface area contributed by atoms with Crippen molar-refractivity contribution in [2.24, 2.45) is 0 Å². The van der Waals surface area contributed by atoms with E-state index in [1.165, 1.54) is 6.07 Å². The molecule has 0 radical (unpaired) electrons. The number of esters is 1. The second-order valence-electron chi connectivity index (χ2n) is 4.63. The molecule has 0 spiro atoms. The molecular weight excluding hydrogens is 290 g/mol. The molecule has 0 aliphatic carbocycles. The van der Waals surface area contributed by atoms with Gasteiger partial charge in [0.15, 0.2) is 6.29 Å². The number of hydrogen-bond acceptors (Lipinski definition) is 6. The van der Waals surface area contributed by atoms with Crippen LogP contribution >= 0.6 is 0 Å². The summed E-state index contributed by atoms with van der Waals surface area (Å²) >= 11 is 0. The van der Waals surface area contributed by atoms with Gasteiger partial charge in [-0.25, -0.2) is 0 Å². The molecule has 0 aromatic heterocycles. The highest BCUT2D eigenvalue weighted by atomic mass is 16.6. The van der Waals surface area contributed by atoms with Crippen molar-refractivity contribution in [3.63, 3.8) is 0 Å². The third kappa shape index (κ3) is 4.83. The van der Waals surface area contributed by atoms with Crippen LogP contribution in [0.1, 0.15) is 42.1 Å². The lowest BCUT2D eigenvalue weighted by Gasteiger charge is -2.09. The SMILES string of the molecule is CCOC(=O)CCCCOc1ccc(C)c([N+](=O)[O-])c1C=O. The second-order valence-corrected chi connectivity index (χ2v) is 4.63. The number of ether oxygens (including phenoxy) is 2. The average Bonchev–Trinajstić information content (AvgIpc) is 2.47. The third-order valence-corrected chi connectivity index (χ3v) is 3.02. The minimum absolute atomic E-state index is 0.0598. The van der Waals surface area contributed by atoms with E-state index in [4.69, 9.17) is 9.47 Å². The van der Waals surface area contributed by atoms with Gasteiger partial charge in [-0.2, -0.15) is 0 Å². The fraction of sp³-hybridized carbons (Fsp3) is 0.467. The number of rotatable bonds is 9. The number of nitro groups is 1. The first-order valence-corrected chi connectivity index (χ1v) is 7.02. The fourth-order valence-corrected chi connectivity index (χ4v) is 1.97. The van der Waals surface area contributed by atoms with E-state index >= 15 is 0 Å². The highest BCUT2D eigenvalue weighted by molar-refractivity contribution is 5.86. The largest absolute Gasteiger partial charge is 0.493 e. The lowest BCUT2D eigenvalue weighted by Crippen LogP contribution is -2.06. The van der Waals surface area contributed by atoms with Crippen molar-refractivity contribution in [1.29, 1.82) is 0 Å². The minimum atomic E-state index is -0.591. The van der Waals surface area contributed by atoms with Gasteiger partial charge in [-0.3, -0.25) is 19.7 Å². The minimum Gasteiger partial charge on any atom is -0.493 e. The van der Waals surface area contributed by atoms with E-state index in [0.717, 1.165) is 0 Å². The zero-order valence-corrected chi connectivity index (χ0v) is 12.7. The zero-order valence-electron chi connectivity index (χ0n) is 12.7. The summed E-state index contributed by atoms with van der Waals surface area (Å²) in [6.45, 7) is 3.92. The number of aldehydes is 1. The Balaban J connectivity index is 2.60. The summed E-state index contributed by atoms with van der Waals surface area (Å²) in [5.74, 6) is -0.0783. The molecule has 0 atom stereocenters. The monoisotopic (exact) mass is 309 g/mol. The molecule has 0 N–H and O–H groups in total. The summed E-state index contributed by atoms with van der Waals surface area (Å²) in [4.78, 5) is 32.7. The molecule has 1 rings (SSSR count). The second kappa shape index (κ2) is 8.76. The first kappa shape index (κ1) is 17.6. The molecule has 0 unspecified atom stereocenters. The van der Waals surface area contributed by atoms with Crippen molar-refractivity contribution in [1.82, 2.24) is 0 Å². The van der Waals surface area contributed by atoms with Crippen LogP contribution in [0.25, 0.3) is 0 Å². The summed E-state index contributed by atoms with van der Waals surface area (Å²) in [7, 11) is 0. The predicted molar refractivity (Wildman–Crippen MR) is 79.2 cm³/mol. The first-order chi connectivity index (χ1) is 10.5. The van der Waals surface area contributed by atoms with Crippen molar-refractivity contribution >= 4 is 17.9 Å². The highest BCUT2D eigenvalue weighted by Crippen LogP contribution is 2.30. The predicted octanol–water partition coefficient (Wildman–Crippen LogP) is 2.83. The Morgan fingerprint density at radius 1 is 1.36 bits per heavy atom. The number of carbonyl (C=O) groups is 2. The topological polar surface area (TPSA) is 95.7 Å². The third-order valence-electron chi connectivity index (χ3n) is 3.02. The summed E-state index contributed by atoms with van der Waals surface area (Å²) in [5, 5.41) is 11.0. The molecule has 7 nitrogen and oxygen atoms in total. The van der Waals surface area contributed by atoms with Gasteiger partial charge >= 0.3 is 5.97 Å². The van der Waals surface area contributed by atoms with Crippen LogP contribution in [0.3, 0.4) is 0 Å². The van der Waals surface area contributed by atoms with E-state index in [2.05, 4.69) is 0 Å². The van der Waals surface area contributed by atoms with Gasteiger partial charge in [0.05, 0.1) is 18.1 Å². The molecule has 0 saturated heterocycles. The van der Waals surface area contributed by atoms with Gasteiger partial charge in [0, 0.05) is 12.0 Å². The van der Waals surface area contributed by atoms with Crippen molar-refractivity contribution < 1.29 is 24.0 Å². The van der Waals surface area contributed by atoms with Gasteiger partial charge in [-0.1, -0.05) is 0 Å². The van der Waals surface area contributed by atoms with E-state index < -0.39 is 4.92 Å². The maximum Gasteiger partial charge on any atom is 0.305 e. The average molecular weight is 309 g/mol. The molecule has 0 heterocycles. The Labute approximate surface area is 128 Å². The molecule has 22 heavy (non-hydrogen) atoms. The summed E-state index contributed by atoms with van der Waals surface area (Å²) in [6, 6.07) is 3.08. The number of carbonyl (C=O) groups excluding carboxylic acids is 2. The number of benzene rings is 1. The van der Waals surface area contributed by atoms with Crippen LogP contribution < -0.4 is 4.74 Å². The molecule has 0 fully saturated rings. The molecule has 0 saturated carbocycles. The maximum absolute atomic E-state index is 11.1. The van der Waals surface area contributed by atoms with E-state index in [-0.39, 0.29) is 29.6 Å². The van der Waals surface area contributed by atoms with Crippen LogP contribution in [-0.2, 0) is 9.53 Å². The normalized spacial score (nSPS) is 10.1. The van der Waals surface area contributed by atoms with Gasteiger partial charge in [0.1, 0.15) is 11.3 Å². The van der Waals surface area contributed by atoms with Crippen LogP contribution in [0.5, 0.6) is 5.75 Å². The Morgan fingerprint density at radius 2 is 2.09 bits per heavy atom. The molecular formula is C15H19NO6. The molecule has 1 aromatic rings. The number of nitro benzene ring substituents is 1. The van der Waals surface area contributed by atoms with E-state index in [0.29, 0.717) is 37.7 Å². The van der Waals surface area contributed by atoms with E-state index in [1.54, 1.807) is 19.9 Å². The van der Waals surface area contributed by atoms with Crippen LogP contribution in [0, 0.1) is 17.0 Å². The molecule has 7 heteroatoms. The van der Waals surface area contributed by atoms with Gasteiger partial charge in [-0.15, -0.1) is 0 Å². The molecule has 0 amide bonds. The quantitative estimate of drug-likeness (QED) is 0.229. The van der Waals surface area contributed by atoms with Crippen molar-refractivity contribution in [2.45, 2.75) is 33.1 Å². The Kier molecular flexibility index (Phi) is 7.01. The summed E-state index contributed by atoms with van der Waals surface area (Å²) in [5.41, 5.74) is 0.108. The summed E-state index contributed by atoms with van der Waals surface area (Å²) in [6.07, 6.45) is 1.90. The standard InChI is InChI=1S/C15H19NO6/c1-3-21-14(18)6-4-5-9-22-13-8-7-11(2)15(16(19)20)12(13)10-17/h7-8,10H,3-6,9H2,1-2H3. The van der Waals surface area contributed by atoms with Crippen molar-refractivity contribution in [2.75, 3.05) is 13.2 Å². The van der Waals surface area contributed by atoms with Crippen LogP contribution in [0.15, 0.2) is 12.1 Å². The Hall–Kier alpha value is -2.44. The van der Waals surface area contributed by atoms with Gasteiger partial charge in [0.25, 0.3) is 5.69 Å². The molecule has 0 aliphatic heterocycles. The van der Waals surface area contributed by atoms with E-state index in [9.17, 15) is 19.7 Å². The Bertz CT molecular complexity index is 555. The maximum atomic E-state index is 11.1. The molecule has 120 valence electrons. The first-order valence-electron chi connectivity index (χ1n) is 7.02. The van der Waals surface area contributed by atoms with Gasteiger partial charge < -0.3 is 9.47 Å². The zero-order chi connectivity index (χ0) is 16.5. The molecule has 0 bridgehead atoms. The lowest BCUT2D eigenvalue weighted by atomic mass is 10.1. The van der Waals surface area contributed by atoms with Gasteiger partial charge in [0.2, 0.25) is 0 Å². The van der Waals surface area contributed by atoms with Crippen LogP contribution in [0.4, 0.5) is 5.69 Å². The molecule has 1 aromatic carbocycles. The number of hydrogen-bond donors (Lipinski definition) is 0. The molecule has 0 aliphatic rings.